The van der Waals surface area contributed by atoms with E-state index in [2.05, 4.69) is 32.7 Å². The molecule has 17 heavy (non-hydrogen) atoms. The first kappa shape index (κ1) is 14.2. The van der Waals surface area contributed by atoms with E-state index in [0.29, 0.717) is 23.5 Å². The van der Waals surface area contributed by atoms with E-state index >= 15 is 0 Å². The summed E-state index contributed by atoms with van der Waals surface area (Å²) in [5, 5.41) is 0.492. The molecular formula is C13H21NO2S. The van der Waals surface area contributed by atoms with Crippen LogP contribution < -0.4 is 0 Å². The highest BCUT2D eigenvalue weighted by molar-refractivity contribution is 7.13. The number of aromatic nitrogens is 1. The number of nitrogens with zero attached hydrogens (tertiary/aromatic N) is 1. The van der Waals surface area contributed by atoms with Crippen molar-refractivity contribution in [2.45, 2.75) is 47.0 Å². The summed E-state index contributed by atoms with van der Waals surface area (Å²) >= 11 is 1.47. The summed E-state index contributed by atoms with van der Waals surface area (Å²) in [5.41, 5.74) is 1.06. The van der Waals surface area contributed by atoms with Crippen LogP contribution >= 0.6 is 11.3 Å². The Morgan fingerprint density at radius 2 is 2.00 bits per heavy atom. The van der Waals surface area contributed by atoms with E-state index in [1.54, 1.807) is 0 Å². The van der Waals surface area contributed by atoms with Crippen molar-refractivity contribution in [3.05, 3.63) is 15.6 Å². The van der Waals surface area contributed by atoms with Gasteiger partial charge >= 0.3 is 5.97 Å². The van der Waals surface area contributed by atoms with E-state index in [9.17, 15) is 4.79 Å². The summed E-state index contributed by atoms with van der Waals surface area (Å²) < 4.78 is 4.99. The van der Waals surface area contributed by atoms with Crippen LogP contribution in [0.25, 0.3) is 0 Å². The topological polar surface area (TPSA) is 39.2 Å². The number of hydrogen-bond acceptors (Lipinski definition) is 4. The lowest BCUT2D eigenvalue weighted by Crippen LogP contribution is -2.05. The zero-order valence-electron chi connectivity index (χ0n) is 11.2. The van der Waals surface area contributed by atoms with Gasteiger partial charge in [-0.15, -0.1) is 11.3 Å². The van der Waals surface area contributed by atoms with Gasteiger partial charge in [-0.05, 0) is 25.2 Å². The number of carbonyl (C=O) groups is 1. The van der Waals surface area contributed by atoms with E-state index in [1.807, 2.05) is 6.92 Å². The lowest BCUT2D eigenvalue weighted by molar-refractivity contribution is 0.0525. The fourth-order valence-corrected chi connectivity index (χ4v) is 2.62. The molecule has 0 aliphatic rings. The Morgan fingerprint density at radius 1 is 1.35 bits per heavy atom. The molecule has 96 valence electrons. The first-order valence-corrected chi connectivity index (χ1v) is 6.94. The molecule has 1 aromatic heterocycles. The van der Waals surface area contributed by atoms with Gasteiger partial charge in [0.1, 0.15) is 0 Å². The molecule has 0 saturated heterocycles. The van der Waals surface area contributed by atoms with Gasteiger partial charge in [0.25, 0.3) is 0 Å². The Balaban J connectivity index is 2.99. The molecule has 0 aliphatic heterocycles. The average Bonchev–Trinajstić information content (AvgIpc) is 2.61. The third-order valence-electron chi connectivity index (χ3n) is 2.30. The second-order valence-corrected chi connectivity index (χ2v) is 5.83. The van der Waals surface area contributed by atoms with Crippen molar-refractivity contribution in [1.82, 2.24) is 4.98 Å². The molecule has 0 unspecified atom stereocenters. The monoisotopic (exact) mass is 255 g/mol. The van der Waals surface area contributed by atoms with Crippen molar-refractivity contribution in [2.24, 2.45) is 5.92 Å². The van der Waals surface area contributed by atoms with E-state index in [4.69, 9.17) is 4.74 Å². The van der Waals surface area contributed by atoms with Gasteiger partial charge in [-0.2, -0.15) is 0 Å². The number of rotatable bonds is 5. The largest absolute Gasteiger partial charge is 0.461 e. The third kappa shape index (κ3) is 3.80. The van der Waals surface area contributed by atoms with Crippen LogP contribution in [0.5, 0.6) is 0 Å². The molecule has 0 bridgehead atoms. The number of ether oxygens (including phenoxy) is 1. The second kappa shape index (κ2) is 6.15. The molecule has 3 nitrogen and oxygen atoms in total. The quantitative estimate of drug-likeness (QED) is 0.754. The molecular weight excluding hydrogens is 234 g/mol. The van der Waals surface area contributed by atoms with E-state index in [-0.39, 0.29) is 5.97 Å². The first-order chi connectivity index (χ1) is 7.95. The highest BCUT2D eigenvalue weighted by atomic mass is 32.1. The minimum Gasteiger partial charge on any atom is -0.461 e. The third-order valence-corrected chi connectivity index (χ3v) is 3.68. The van der Waals surface area contributed by atoms with Gasteiger partial charge in [0.2, 0.25) is 5.01 Å². The van der Waals surface area contributed by atoms with Gasteiger partial charge in [-0.1, -0.05) is 27.7 Å². The molecule has 0 spiro atoms. The Bertz CT molecular complexity index is 383. The van der Waals surface area contributed by atoms with Gasteiger partial charge in [-0.3, -0.25) is 0 Å². The molecule has 0 aliphatic carbocycles. The van der Waals surface area contributed by atoms with E-state index in [0.717, 1.165) is 12.1 Å². The highest BCUT2D eigenvalue weighted by Crippen LogP contribution is 2.28. The lowest BCUT2D eigenvalue weighted by Gasteiger charge is -2.06. The normalized spacial score (nSPS) is 11.2. The van der Waals surface area contributed by atoms with Crippen molar-refractivity contribution >= 4 is 17.3 Å². The predicted octanol–water partition coefficient (Wildman–Crippen LogP) is 3.64. The summed E-state index contributed by atoms with van der Waals surface area (Å²) in [7, 11) is 0. The van der Waals surface area contributed by atoms with Crippen LogP contribution in [0.4, 0.5) is 0 Å². The smallest absolute Gasteiger partial charge is 0.367 e. The van der Waals surface area contributed by atoms with Gasteiger partial charge in [-0.25, -0.2) is 9.78 Å². The minimum atomic E-state index is -0.297. The average molecular weight is 255 g/mol. The maximum atomic E-state index is 11.6. The zero-order valence-corrected chi connectivity index (χ0v) is 12.1. The fraction of sp³-hybridized carbons (Fsp3) is 0.692. The van der Waals surface area contributed by atoms with Gasteiger partial charge in [0.15, 0.2) is 0 Å². The maximum absolute atomic E-state index is 11.6. The molecule has 0 fully saturated rings. The Morgan fingerprint density at radius 3 is 2.47 bits per heavy atom. The molecule has 0 saturated carbocycles. The summed E-state index contributed by atoms with van der Waals surface area (Å²) in [4.78, 5) is 17.3. The zero-order chi connectivity index (χ0) is 13.0. The van der Waals surface area contributed by atoms with Crippen molar-refractivity contribution in [2.75, 3.05) is 6.61 Å². The lowest BCUT2D eigenvalue weighted by atomic mass is 10.0. The van der Waals surface area contributed by atoms with Gasteiger partial charge in [0, 0.05) is 4.88 Å². The molecule has 0 N–H and O–H groups in total. The standard InChI is InChI=1S/C13H21NO2S/c1-6-16-13(15)12-14-10(7-8(2)3)11(17-12)9(4)5/h8-9H,6-7H2,1-5H3. The molecule has 1 aromatic rings. The molecule has 0 atom stereocenters. The van der Waals surface area contributed by atoms with Crippen LogP contribution in [-0.4, -0.2) is 17.6 Å². The molecule has 0 aromatic carbocycles. The SMILES string of the molecule is CCOC(=O)c1nc(CC(C)C)c(C(C)C)s1. The maximum Gasteiger partial charge on any atom is 0.367 e. The van der Waals surface area contributed by atoms with Crippen LogP contribution in [-0.2, 0) is 11.2 Å². The number of esters is 1. The number of thiazole rings is 1. The summed E-state index contributed by atoms with van der Waals surface area (Å²) in [5.74, 6) is 0.656. The number of carbonyl (C=O) groups excluding carboxylic acids is 1. The van der Waals surface area contributed by atoms with Crippen molar-refractivity contribution in [3.63, 3.8) is 0 Å². The number of hydrogen-bond donors (Lipinski definition) is 0. The van der Waals surface area contributed by atoms with Crippen molar-refractivity contribution in [1.29, 1.82) is 0 Å². The van der Waals surface area contributed by atoms with E-state index in [1.165, 1.54) is 16.2 Å². The van der Waals surface area contributed by atoms with Gasteiger partial charge < -0.3 is 4.74 Å². The summed E-state index contributed by atoms with van der Waals surface area (Å²) in [6.07, 6.45) is 0.920. The van der Waals surface area contributed by atoms with Crippen molar-refractivity contribution in [3.8, 4) is 0 Å². The Kier molecular flexibility index (Phi) is 5.12. The molecule has 4 heteroatoms. The second-order valence-electron chi connectivity index (χ2n) is 4.80. The first-order valence-electron chi connectivity index (χ1n) is 6.12. The Labute approximate surface area is 107 Å². The molecule has 1 heterocycles. The molecule has 0 radical (unpaired) electrons. The van der Waals surface area contributed by atoms with Crippen LogP contribution in [0.2, 0.25) is 0 Å². The summed E-state index contributed by atoms with van der Waals surface area (Å²) in [6, 6.07) is 0. The van der Waals surface area contributed by atoms with Crippen molar-refractivity contribution < 1.29 is 9.53 Å². The van der Waals surface area contributed by atoms with Crippen LogP contribution in [0, 0.1) is 5.92 Å². The predicted molar refractivity (Wildman–Crippen MR) is 70.7 cm³/mol. The van der Waals surface area contributed by atoms with Gasteiger partial charge in [0.05, 0.1) is 12.3 Å². The van der Waals surface area contributed by atoms with E-state index < -0.39 is 0 Å². The highest BCUT2D eigenvalue weighted by Gasteiger charge is 2.19. The molecule has 0 amide bonds. The summed E-state index contributed by atoms with van der Waals surface area (Å²) in [6.45, 7) is 10.8. The van der Waals surface area contributed by atoms with Crippen LogP contribution in [0.1, 0.15) is 60.9 Å². The fourth-order valence-electron chi connectivity index (χ4n) is 1.63. The van der Waals surface area contributed by atoms with Crippen LogP contribution in [0.15, 0.2) is 0 Å². The minimum absolute atomic E-state index is 0.297. The molecule has 1 rings (SSSR count). The Hall–Kier alpha value is -0.900. The van der Waals surface area contributed by atoms with Crippen LogP contribution in [0.3, 0.4) is 0 Å².